The van der Waals surface area contributed by atoms with Crippen LogP contribution in [0.1, 0.15) is 31.7 Å². The largest absolute Gasteiger partial charge is 0.496 e. The van der Waals surface area contributed by atoms with Crippen molar-refractivity contribution < 1.29 is 14.3 Å². The fourth-order valence-corrected chi connectivity index (χ4v) is 6.50. The summed E-state index contributed by atoms with van der Waals surface area (Å²) >= 11 is 1.65. The molecular formula is C28H35N3O3S. The lowest BCUT2D eigenvalue weighted by Gasteiger charge is -2.44. The van der Waals surface area contributed by atoms with Crippen LogP contribution in [0, 0.1) is 5.92 Å². The van der Waals surface area contributed by atoms with Crippen molar-refractivity contribution in [2.45, 2.75) is 37.5 Å². The van der Waals surface area contributed by atoms with E-state index in [0.717, 1.165) is 42.1 Å². The van der Waals surface area contributed by atoms with Crippen LogP contribution in [0.4, 0.5) is 5.69 Å². The van der Waals surface area contributed by atoms with Gasteiger partial charge in [-0.05, 0) is 50.5 Å². The molecule has 0 aromatic heterocycles. The first-order valence-electron chi connectivity index (χ1n) is 12.4. The van der Waals surface area contributed by atoms with E-state index in [1.807, 2.05) is 60.5 Å². The van der Waals surface area contributed by atoms with Gasteiger partial charge in [0.2, 0.25) is 5.91 Å². The molecule has 0 bridgehead atoms. The van der Waals surface area contributed by atoms with Crippen molar-refractivity contribution in [2.24, 2.45) is 5.92 Å². The van der Waals surface area contributed by atoms with Gasteiger partial charge in [-0.3, -0.25) is 9.59 Å². The predicted molar refractivity (Wildman–Crippen MR) is 144 cm³/mol. The van der Waals surface area contributed by atoms with Gasteiger partial charge in [0.05, 0.1) is 12.0 Å². The summed E-state index contributed by atoms with van der Waals surface area (Å²) in [6.07, 6.45) is 4.41. The molecule has 3 atom stereocenters. The number of hydrogen-bond donors (Lipinski definition) is 1. The summed E-state index contributed by atoms with van der Waals surface area (Å²) < 4.78 is 5.45. The summed E-state index contributed by atoms with van der Waals surface area (Å²) in [5.41, 5.74) is 2.07. The summed E-state index contributed by atoms with van der Waals surface area (Å²) in [6.45, 7) is 4.40. The molecule has 7 heteroatoms. The zero-order valence-electron chi connectivity index (χ0n) is 20.8. The van der Waals surface area contributed by atoms with Crippen molar-refractivity contribution >= 4 is 35.3 Å². The number of nitrogens with zero attached hydrogens (tertiary/aromatic N) is 2. The first kappa shape index (κ1) is 25.2. The number of anilines is 1. The summed E-state index contributed by atoms with van der Waals surface area (Å²) in [5.74, 6) is 0.824. The number of fused-ring (bicyclic) bond motifs is 1. The maximum absolute atomic E-state index is 13.2. The second-order valence-corrected chi connectivity index (χ2v) is 10.4. The van der Waals surface area contributed by atoms with Crippen molar-refractivity contribution in [1.82, 2.24) is 10.2 Å². The van der Waals surface area contributed by atoms with Crippen LogP contribution in [0.5, 0.6) is 5.75 Å². The van der Waals surface area contributed by atoms with E-state index in [1.54, 1.807) is 18.9 Å². The van der Waals surface area contributed by atoms with Gasteiger partial charge in [0.1, 0.15) is 5.75 Å². The lowest BCUT2D eigenvalue weighted by Crippen LogP contribution is -2.52. The smallest absolute Gasteiger partial charge is 0.260 e. The molecule has 1 saturated carbocycles. The van der Waals surface area contributed by atoms with E-state index in [-0.39, 0.29) is 23.8 Å². The van der Waals surface area contributed by atoms with Gasteiger partial charge >= 0.3 is 0 Å². The minimum atomic E-state index is -0.0568. The first-order chi connectivity index (χ1) is 17.0. The normalized spacial score (nSPS) is 23.1. The Kier molecular flexibility index (Phi) is 8.39. The third-order valence-electron chi connectivity index (χ3n) is 7.04. The average Bonchev–Trinajstić information content (AvgIpc) is 2.90. The number of amides is 2. The Hall–Kier alpha value is -2.93. The van der Waals surface area contributed by atoms with Gasteiger partial charge in [-0.25, -0.2) is 0 Å². The number of carbonyl (C=O) groups is 2. The molecule has 3 unspecified atom stereocenters. The van der Waals surface area contributed by atoms with Crippen LogP contribution in [0.2, 0.25) is 0 Å². The number of rotatable bonds is 8. The van der Waals surface area contributed by atoms with Gasteiger partial charge in [0.15, 0.2) is 0 Å². The zero-order chi connectivity index (χ0) is 24.8. The fraction of sp³-hybridized carbons (Fsp3) is 0.429. The number of hydrogen-bond acceptors (Lipinski definition) is 5. The summed E-state index contributed by atoms with van der Waals surface area (Å²) in [6, 6.07) is 18.1. The second kappa shape index (κ2) is 11.7. The molecule has 1 aliphatic heterocycles. The van der Waals surface area contributed by atoms with E-state index in [0.29, 0.717) is 18.2 Å². The Balaban J connectivity index is 1.34. The van der Waals surface area contributed by atoms with Crippen molar-refractivity contribution in [3.63, 3.8) is 0 Å². The highest BCUT2D eigenvalue weighted by Gasteiger charge is 2.42. The van der Waals surface area contributed by atoms with Crippen LogP contribution in [0.3, 0.4) is 0 Å². The van der Waals surface area contributed by atoms with Gasteiger partial charge in [-0.15, -0.1) is 11.8 Å². The van der Waals surface area contributed by atoms with E-state index in [4.69, 9.17) is 4.74 Å². The lowest BCUT2D eigenvalue weighted by atomic mass is 9.83. The van der Waals surface area contributed by atoms with E-state index in [9.17, 15) is 9.59 Å². The number of para-hydroxylation sites is 2. The number of likely N-dealkylation sites (N-methyl/N-ethyl adjacent to an activating group) is 2. The fourth-order valence-electron chi connectivity index (χ4n) is 5.03. The zero-order valence-corrected chi connectivity index (χ0v) is 21.6. The Labute approximate surface area is 212 Å². The number of thioether (sulfide) groups is 1. The van der Waals surface area contributed by atoms with Crippen LogP contribution in [-0.2, 0) is 9.59 Å². The van der Waals surface area contributed by atoms with E-state index >= 15 is 0 Å². The lowest BCUT2D eigenvalue weighted by molar-refractivity contribution is -0.131. The topological polar surface area (TPSA) is 61.9 Å². The number of methoxy groups -OCH3 is 1. The molecule has 186 valence electrons. The van der Waals surface area contributed by atoms with Crippen LogP contribution < -0.4 is 15.0 Å². The Morgan fingerprint density at radius 1 is 1.17 bits per heavy atom. The highest BCUT2D eigenvalue weighted by atomic mass is 32.2. The third-order valence-corrected chi connectivity index (χ3v) is 8.44. The standard InChI is InChI=1S/C28H35N3O3S/c1-4-31(22-11-6-5-7-12-22)17-16-29-27(32)21-14-15-25-23(18-21)30(2)28(33)26(35-25)19-20-10-8-9-13-24(20)34-3/h5-13,19,21,23,25H,4,14-18H2,1-3H3,(H,29,32)/b26-19+. The molecule has 2 aliphatic rings. The van der Waals surface area contributed by atoms with Gasteiger partial charge in [0, 0.05) is 55.1 Å². The Morgan fingerprint density at radius 3 is 2.66 bits per heavy atom. The molecule has 2 aromatic carbocycles. The molecule has 0 spiro atoms. The maximum atomic E-state index is 13.2. The average molecular weight is 494 g/mol. The van der Waals surface area contributed by atoms with Crippen LogP contribution in [-0.4, -0.2) is 61.8 Å². The van der Waals surface area contributed by atoms with Gasteiger partial charge in [-0.1, -0.05) is 36.4 Å². The van der Waals surface area contributed by atoms with Gasteiger partial charge in [-0.2, -0.15) is 0 Å². The monoisotopic (exact) mass is 493 g/mol. The molecule has 1 N–H and O–H groups in total. The Bertz CT molecular complexity index is 1060. The molecular weight excluding hydrogens is 458 g/mol. The molecule has 1 aliphatic carbocycles. The van der Waals surface area contributed by atoms with E-state index in [2.05, 4.69) is 29.3 Å². The van der Waals surface area contributed by atoms with Crippen molar-refractivity contribution in [3.05, 3.63) is 65.1 Å². The number of ether oxygens (including phenoxy) is 1. The van der Waals surface area contributed by atoms with Crippen LogP contribution in [0.15, 0.2) is 59.5 Å². The predicted octanol–water partition coefficient (Wildman–Crippen LogP) is 4.42. The van der Waals surface area contributed by atoms with Crippen LogP contribution >= 0.6 is 11.8 Å². The minimum Gasteiger partial charge on any atom is -0.496 e. The number of nitrogens with one attached hydrogen (secondary N) is 1. The minimum absolute atomic E-state index is 0.0182. The maximum Gasteiger partial charge on any atom is 0.260 e. The summed E-state index contributed by atoms with van der Waals surface area (Å²) in [4.78, 5) is 31.0. The highest BCUT2D eigenvalue weighted by molar-refractivity contribution is 8.04. The molecule has 1 saturated heterocycles. The summed E-state index contributed by atoms with van der Waals surface area (Å²) in [7, 11) is 3.51. The van der Waals surface area contributed by atoms with Crippen molar-refractivity contribution in [3.8, 4) is 5.75 Å². The first-order valence-corrected chi connectivity index (χ1v) is 13.3. The summed E-state index contributed by atoms with van der Waals surface area (Å²) in [5, 5.41) is 3.45. The van der Waals surface area contributed by atoms with Crippen LogP contribution in [0.25, 0.3) is 6.08 Å². The highest BCUT2D eigenvalue weighted by Crippen LogP contribution is 2.43. The SMILES string of the molecule is CCN(CCNC(=O)C1CCC2S/C(=C/c3ccccc3OC)C(=O)N(C)C2C1)c1ccccc1. The molecule has 35 heavy (non-hydrogen) atoms. The van der Waals surface area contributed by atoms with Crippen molar-refractivity contribution in [1.29, 1.82) is 0 Å². The molecule has 1 heterocycles. The molecule has 2 aromatic rings. The van der Waals surface area contributed by atoms with E-state index < -0.39 is 0 Å². The third kappa shape index (κ3) is 5.84. The number of benzene rings is 2. The quantitative estimate of drug-likeness (QED) is 0.552. The van der Waals surface area contributed by atoms with Gasteiger partial charge in [0.25, 0.3) is 5.91 Å². The van der Waals surface area contributed by atoms with Crippen molar-refractivity contribution in [2.75, 3.05) is 38.7 Å². The number of carbonyl (C=O) groups excluding carboxylic acids is 2. The van der Waals surface area contributed by atoms with E-state index in [1.165, 1.54) is 5.69 Å². The van der Waals surface area contributed by atoms with Gasteiger partial charge < -0.3 is 19.9 Å². The molecule has 2 amide bonds. The Morgan fingerprint density at radius 2 is 1.91 bits per heavy atom. The molecule has 4 rings (SSSR count). The molecule has 0 radical (unpaired) electrons. The second-order valence-electron chi connectivity index (χ2n) is 9.11. The molecule has 6 nitrogen and oxygen atoms in total. The molecule has 2 fully saturated rings.